The minimum atomic E-state index is -2.38. The molecule has 18 heterocycles. The first-order valence-electron chi connectivity index (χ1n) is 50.8. The zero-order valence-corrected chi connectivity index (χ0v) is 85.0. The number of tetrazole rings is 1. The van der Waals surface area contributed by atoms with Crippen LogP contribution < -0.4 is 5.32 Å². The number of imidazole rings is 1. The molecule has 2 aromatic rings. The molecule has 16 aliphatic rings. The highest BCUT2D eigenvalue weighted by Crippen LogP contribution is 2.32. The van der Waals surface area contributed by atoms with E-state index in [0.29, 0.717) is 78.9 Å². The number of ketones is 1. The third-order valence-electron chi connectivity index (χ3n) is 29.4. The third-order valence-corrected chi connectivity index (χ3v) is 29.8. The number of piperidine rings is 12. The minimum absolute atomic E-state index is 0.0312. The van der Waals surface area contributed by atoms with Crippen molar-refractivity contribution < 1.29 is 46.5 Å². The summed E-state index contributed by atoms with van der Waals surface area (Å²) in [5.41, 5.74) is 1.31. The first kappa shape index (κ1) is 114. The van der Waals surface area contributed by atoms with E-state index in [0.717, 1.165) is 271 Å². The molecule has 16 saturated heterocycles. The van der Waals surface area contributed by atoms with Crippen LogP contribution in [0.3, 0.4) is 0 Å². The van der Waals surface area contributed by atoms with Crippen LogP contribution in [0.1, 0.15) is 197 Å². The smallest absolute Gasteiger partial charge is 0.250 e. The first-order chi connectivity index (χ1) is 63.0. The highest BCUT2D eigenvalue weighted by molar-refractivity contribution is 6.20. The van der Waals surface area contributed by atoms with Gasteiger partial charge in [-0.25, -0.2) is 18.2 Å². The van der Waals surface area contributed by atoms with Crippen LogP contribution >= 0.6 is 11.6 Å². The van der Waals surface area contributed by atoms with Crippen molar-refractivity contribution in [2.75, 3.05) is 334 Å². The van der Waals surface area contributed by atoms with Gasteiger partial charge < -0.3 is 103 Å². The van der Waals surface area contributed by atoms with E-state index >= 15 is 0 Å². The highest BCUT2D eigenvalue weighted by atomic mass is 35.5. The van der Waals surface area contributed by atoms with E-state index in [4.69, 9.17) is 35.8 Å². The molecule has 16 fully saturated rings. The van der Waals surface area contributed by atoms with E-state index < -0.39 is 12.1 Å². The number of carbonyl (C=O) groups is 3. The fourth-order valence-corrected chi connectivity index (χ4v) is 19.4. The Bertz CT molecular complexity index is 3070. The number of hydrogen-bond acceptors (Lipinski definition) is 26. The van der Waals surface area contributed by atoms with Crippen molar-refractivity contribution in [3.63, 3.8) is 0 Å². The maximum Gasteiger partial charge on any atom is 0.250 e. The number of piperazine rings is 1. The average molecular weight is 1880 g/mol. The molecular weight excluding hydrogens is 1690 g/mol. The summed E-state index contributed by atoms with van der Waals surface area (Å²) in [6.45, 7) is 39.5. The van der Waals surface area contributed by atoms with Crippen molar-refractivity contribution in [3.8, 4) is 6.07 Å². The number of aromatic amines is 2. The molecule has 34 heteroatoms. The number of nitrogens with zero attached hydrogens (tertiary/aromatic N) is 20. The van der Waals surface area contributed by atoms with Crippen LogP contribution in [0.25, 0.3) is 0 Å². The van der Waals surface area contributed by atoms with Crippen molar-refractivity contribution in [2.24, 2.45) is 29.6 Å². The first-order valence-corrected chi connectivity index (χ1v) is 51.3. The molecule has 0 bridgehead atoms. The minimum Gasteiger partial charge on any atom is -0.384 e. The lowest BCUT2D eigenvalue weighted by Crippen LogP contribution is -2.49. The van der Waals surface area contributed by atoms with Crippen LogP contribution in [0.4, 0.5) is 13.2 Å². The summed E-state index contributed by atoms with van der Waals surface area (Å²) < 4.78 is 58.5. The van der Waals surface area contributed by atoms with Gasteiger partial charge in [-0.1, -0.05) is 5.21 Å². The molecular formula is C97H183ClF3N23O7. The van der Waals surface area contributed by atoms with Gasteiger partial charge in [-0.3, -0.25) is 14.4 Å². The van der Waals surface area contributed by atoms with E-state index in [1.165, 1.54) is 123 Å². The fourth-order valence-electron chi connectivity index (χ4n) is 19.2. The highest BCUT2D eigenvalue weighted by Gasteiger charge is 2.40. The lowest BCUT2D eigenvalue weighted by molar-refractivity contribution is -0.183. The molecule has 2 amide bonds. The van der Waals surface area contributed by atoms with Gasteiger partial charge in [0.15, 0.2) is 11.6 Å². The predicted molar refractivity (Wildman–Crippen MR) is 520 cm³/mol. The van der Waals surface area contributed by atoms with Crippen LogP contribution in [-0.2, 0) is 33.3 Å². The zero-order chi connectivity index (χ0) is 94.8. The molecule has 3 N–H and O–H groups in total. The molecule has 1 spiro atoms. The molecule has 0 aliphatic carbocycles. The number of ether oxygens (including phenoxy) is 4. The Balaban J connectivity index is 0.000000196. The molecule has 0 aromatic carbocycles. The Morgan fingerprint density at radius 1 is 0.473 bits per heavy atom. The van der Waals surface area contributed by atoms with E-state index in [1.54, 1.807) is 20.4 Å². The Kier molecular flexibility index (Phi) is 55.6. The second kappa shape index (κ2) is 64.1. The van der Waals surface area contributed by atoms with Crippen molar-refractivity contribution in [2.45, 2.75) is 215 Å². The molecule has 756 valence electrons. The lowest BCUT2D eigenvalue weighted by atomic mass is 9.94. The van der Waals surface area contributed by atoms with Crippen LogP contribution in [0.2, 0.25) is 0 Å². The monoisotopic (exact) mass is 1870 g/mol. The van der Waals surface area contributed by atoms with Crippen molar-refractivity contribution in [1.82, 2.24) is 109 Å². The van der Waals surface area contributed by atoms with E-state index in [1.807, 2.05) is 35.0 Å². The summed E-state index contributed by atoms with van der Waals surface area (Å²) in [6, 6.07) is 3.22. The zero-order valence-electron chi connectivity index (χ0n) is 84.3. The van der Waals surface area contributed by atoms with Gasteiger partial charge in [0.25, 0.3) is 5.92 Å². The number of carbonyl (C=O) groups excluding carboxylic acids is 3. The molecule has 131 heavy (non-hydrogen) atoms. The Labute approximate surface area is 795 Å². The summed E-state index contributed by atoms with van der Waals surface area (Å²) in [6.07, 6.45) is 30.6. The summed E-state index contributed by atoms with van der Waals surface area (Å²) in [4.78, 5) is 76.5. The standard InChI is InChI=1S/C11H21N3O.C11H20N2O2.C10H20N2.C9H15N3.C8H15NO2.C8H17NO.C8H15NO.C7H13N5.C7H12N2.C6H12ClN.C6H11F2N.C6H12FN/c1-13-6-2-10(3-7-13)11(15)14-8-4-12-5-9-14;1-12-4-2-10(3-5-12)11(14)13-6-8-15-9-7-13;1-11-8-4-10(5-9-11)12-6-2-3-7-12;1-12-4-2-8(3-5-12)9-6-10-7-11-9;1-9-4-2-8(3-5-9)10-6-7-11-8;1-9-5-3-8(4-6-9)7-10-2;1-7(10)8-3-5-9(2)6-4-8;1-12-4-2-6(3-5-12)7-8-10-11-9-7;1-9-4-2-7(6-8)3-5-9;1-8-4-2-6(7)3-5-8;1-9-4-2-6(7,8)3-5-9;1-8-4-2-6(7)3-5-8/h10,12H,2-9H2,1H3;10H,2-9H2,1H3;10H,2-9H2,1H3;6-8H,2-5H2,1H3,(H,10,11);2-7H2,1H3;8H,3-7H2,1-2H3;8H,3-6H2,1-2H3;6H,2-5H2,1H3,(H,8,9,10,11);7H,2-5H2,1H3;6H,2-5H2,1H3;2-5H2,1H3;6H,2-5H2,1H3. The summed E-state index contributed by atoms with van der Waals surface area (Å²) >= 11 is 5.86. The molecule has 16 aliphatic heterocycles. The van der Waals surface area contributed by atoms with Gasteiger partial charge in [0, 0.05) is 177 Å². The van der Waals surface area contributed by atoms with Gasteiger partial charge in [0.05, 0.1) is 38.8 Å². The number of Topliss-reactive ketones (excluding diaryl/α,β-unsaturated/α-hetero) is 1. The normalized spacial score (nSPS) is 25.4. The molecule has 0 saturated carbocycles. The van der Waals surface area contributed by atoms with E-state index in [2.05, 4.69) is 171 Å². The Morgan fingerprint density at radius 2 is 0.855 bits per heavy atom. The number of hydrogen-bond donors (Lipinski definition) is 3. The van der Waals surface area contributed by atoms with Gasteiger partial charge in [-0.15, -0.1) is 21.8 Å². The average Bonchev–Trinajstić information content (AvgIpc) is 1.48. The Morgan fingerprint density at radius 3 is 1.24 bits per heavy atom. The SMILES string of the molecule is CC(=O)C1CCN(C)CC1.CN1CCC(C#N)CC1.CN1CCC(C(=O)N2CCNCC2)CC1.CN1CCC(C(=O)N2CCOCC2)CC1.CN1CCC(Cl)CC1.CN1CCC(F)(F)CC1.CN1CCC(F)CC1.CN1CCC(N2CCCC2)CC1.CN1CCC(c2cnc[nH]2)CC1.CN1CCC(c2nn[nH]n2)CC1.CN1CCC2(CC1)OCCO2.COCC1CCN(C)CC1. The summed E-state index contributed by atoms with van der Waals surface area (Å²) in [5.74, 6) is 2.71. The molecule has 0 radical (unpaired) electrons. The van der Waals surface area contributed by atoms with Gasteiger partial charge in [0.1, 0.15) is 12.0 Å². The number of alkyl halides is 4. The molecule has 0 atom stereocenters. The number of H-pyrrole nitrogens is 2. The number of amides is 2. The second-order valence-corrected chi connectivity index (χ2v) is 41.1. The lowest BCUT2D eigenvalue weighted by Gasteiger charge is -2.35. The van der Waals surface area contributed by atoms with E-state index in [9.17, 15) is 27.6 Å². The predicted octanol–water partition coefficient (Wildman–Crippen LogP) is 9.27. The summed E-state index contributed by atoms with van der Waals surface area (Å²) in [5, 5.41) is 26.3. The molecule has 0 unspecified atom stereocenters. The molecule has 2 aromatic heterocycles. The number of morpholine rings is 1. The topological polar surface area (TPSA) is 256 Å². The second-order valence-electron chi connectivity index (χ2n) is 40.5. The molecule has 30 nitrogen and oxygen atoms in total. The van der Waals surface area contributed by atoms with Crippen molar-refractivity contribution >= 4 is 29.2 Å². The number of aromatic nitrogens is 6. The third kappa shape index (κ3) is 46.8. The van der Waals surface area contributed by atoms with Crippen molar-refractivity contribution in [3.05, 3.63) is 24.0 Å². The largest absolute Gasteiger partial charge is 0.384 e. The van der Waals surface area contributed by atoms with Gasteiger partial charge >= 0.3 is 0 Å². The molecule has 18 rings (SSSR count). The van der Waals surface area contributed by atoms with Crippen molar-refractivity contribution in [1.29, 1.82) is 5.26 Å². The maximum absolute atomic E-state index is 12.4. The maximum atomic E-state index is 12.4. The van der Waals surface area contributed by atoms with Gasteiger partial charge in [-0.2, -0.15) is 10.5 Å². The van der Waals surface area contributed by atoms with Crippen LogP contribution in [-0.4, -0.2) is 485 Å². The summed E-state index contributed by atoms with van der Waals surface area (Å²) in [7, 11) is 27.2. The van der Waals surface area contributed by atoms with Crippen LogP contribution in [0, 0.1) is 40.9 Å². The fraction of sp³-hybridized carbons (Fsp3) is 0.918. The number of nitrogens with one attached hydrogen (secondary N) is 3. The quantitative estimate of drug-likeness (QED) is 0.208. The van der Waals surface area contributed by atoms with Gasteiger partial charge in [-0.05, 0) is 370 Å². The number of likely N-dealkylation sites (tertiary alicyclic amines) is 13. The van der Waals surface area contributed by atoms with Gasteiger partial charge in [0.2, 0.25) is 11.8 Å². The number of halogens is 4. The Hall–Kier alpha value is -4.26. The number of nitriles is 1. The van der Waals surface area contributed by atoms with E-state index in [-0.39, 0.29) is 24.5 Å². The van der Waals surface area contributed by atoms with Crippen LogP contribution in [0.5, 0.6) is 0 Å². The number of rotatable bonds is 8. The number of methoxy groups -OCH3 is 1. The van der Waals surface area contributed by atoms with Crippen LogP contribution in [0.15, 0.2) is 12.5 Å².